The molecule has 0 bridgehead atoms. The molecule has 0 aliphatic rings. The number of thiophene rings is 1. The normalized spacial score (nSPS) is 10.7. The molecular formula is C13H12F3NS. The molecule has 1 heterocycles. The average molecular weight is 271 g/mol. The Morgan fingerprint density at radius 3 is 2.17 bits per heavy atom. The van der Waals surface area contributed by atoms with Crippen LogP contribution in [0.4, 0.5) is 18.9 Å². The molecular weight excluding hydrogens is 259 g/mol. The Labute approximate surface area is 107 Å². The second kappa shape index (κ2) is 5.02. The van der Waals surface area contributed by atoms with Crippen molar-refractivity contribution < 1.29 is 13.2 Å². The highest BCUT2D eigenvalue weighted by molar-refractivity contribution is 7.12. The molecule has 0 amide bonds. The van der Waals surface area contributed by atoms with Gasteiger partial charge < -0.3 is 5.32 Å². The largest absolute Gasteiger partial charge is 0.381 e. The molecule has 1 nitrogen and oxygen atoms in total. The highest BCUT2D eigenvalue weighted by atomic mass is 32.1. The molecule has 0 aliphatic carbocycles. The van der Waals surface area contributed by atoms with E-state index >= 15 is 0 Å². The van der Waals surface area contributed by atoms with Crippen LogP contribution < -0.4 is 5.32 Å². The van der Waals surface area contributed by atoms with E-state index < -0.39 is 17.5 Å². The van der Waals surface area contributed by atoms with E-state index in [9.17, 15) is 13.2 Å². The molecule has 2 aromatic rings. The average Bonchev–Trinajstić information content (AvgIpc) is 2.62. The number of hydrogen-bond acceptors (Lipinski definition) is 2. The highest BCUT2D eigenvalue weighted by Crippen LogP contribution is 2.23. The fourth-order valence-electron chi connectivity index (χ4n) is 1.71. The molecule has 1 aromatic heterocycles. The number of halogens is 3. The molecule has 1 N–H and O–H groups in total. The fraction of sp³-hybridized carbons (Fsp3) is 0.231. The van der Waals surface area contributed by atoms with Gasteiger partial charge in [0, 0.05) is 34.1 Å². The van der Waals surface area contributed by atoms with E-state index in [2.05, 4.69) is 5.32 Å². The van der Waals surface area contributed by atoms with E-state index in [-0.39, 0.29) is 5.69 Å². The first-order chi connectivity index (χ1) is 8.47. The second-order valence-corrected chi connectivity index (χ2v) is 5.51. The lowest BCUT2D eigenvalue weighted by molar-refractivity contribution is 0.447. The van der Waals surface area contributed by atoms with Crippen molar-refractivity contribution in [1.82, 2.24) is 0 Å². The Balaban J connectivity index is 2.13. The Morgan fingerprint density at radius 1 is 1.06 bits per heavy atom. The van der Waals surface area contributed by atoms with Crippen LogP contribution in [0.3, 0.4) is 0 Å². The summed E-state index contributed by atoms with van der Waals surface area (Å²) < 4.78 is 38.8. The van der Waals surface area contributed by atoms with Crippen molar-refractivity contribution in [2.45, 2.75) is 20.4 Å². The molecule has 96 valence electrons. The maximum absolute atomic E-state index is 13.0. The lowest BCUT2D eigenvalue weighted by Crippen LogP contribution is -2.02. The van der Waals surface area contributed by atoms with Crippen molar-refractivity contribution >= 4 is 17.0 Å². The summed E-state index contributed by atoms with van der Waals surface area (Å²) >= 11 is 1.66. The number of nitrogens with one attached hydrogen (secondary N) is 1. The maximum atomic E-state index is 13.0. The summed E-state index contributed by atoms with van der Waals surface area (Å²) in [5.41, 5.74) is 1.30. The maximum Gasteiger partial charge on any atom is 0.194 e. The fourth-order valence-corrected chi connectivity index (χ4v) is 2.66. The van der Waals surface area contributed by atoms with Gasteiger partial charge in [0.05, 0.1) is 0 Å². The van der Waals surface area contributed by atoms with Crippen LogP contribution in [0.1, 0.15) is 15.3 Å². The number of hydrogen-bond donors (Lipinski definition) is 1. The third-order valence-corrected chi connectivity index (χ3v) is 3.62. The minimum absolute atomic E-state index is 0.231. The van der Waals surface area contributed by atoms with Gasteiger partial charge in [-0.1, -0.05) is 0 Å². The van der Waals surface area contributed by atoms with Crippen LogP contribution in [-0.4, -0.2) is 0 Å². The van der Waals surface area contributed by atoms with Crippen LogP contribution in [0.2, 0.25) is 0 Å². The molecule has 5 heteroatoms. The molecule has 1 aromatic carbocycles. The standard InChI is InChI=1S/C13H12F3NS/c1-7-3-9(8(2)18-7)6-17-10-4-11(14)13(16)12(15)5-10/h3-5,17H,6H2,1-2H3. The van der Waals surface area contributed by atoms with Gasteiger partial charge >= 0.3 is 0 Å². The smallest absolute Gasteiger partial charge is 0.194 e. The van der Waals surface area contributed by atoms with Gasteiger partial charge in [0.1, 0.15) is 0 Å². The number of benzene rings is 1. The summed E-state index contributed by atoms with van der Waals surface area (Å²) in [7, 11) is 0. The van der Waals surface area contributed by atoms with E-state index in [0.29, 0.717) is 6.54 Å². The first kappa shape index (κ1) is 13.0. The van der Waals surface area contributed by atoms with Crippen molar-refractivity contribution in [2.75, 3.05) is 5.32 Å². The van der Waals surface area contributed by atoms with E-state index in [0.717, 1.165) is 22.6 Å². The van der Waals surface area contributed by atoms with Crippen LogP contribution in [0.15, 0.2) is 18.2 Å². The van der Waals surface area contributed by atoms with Crippen molar-refractivity contribution in [3.05, 3.63) is 51.0 Å². The number of anilines is 1. The molecule has 0 aliphatic heterocycles. The molecule has 0 fully saturated rings. The SMILES string of the molecule is Cc1cc(CNc2cc(F)c(F)c(F)c2)c(C)s1. The van der Waals surface area contributed by atoms with Crippen LogP contribution in [0.5, 0.6) is 0 Å². The van der Waals surface area contributed by atoms with Crippen molar-refractivity contribution in [3.63, 3.8) is 0 Å². The van der Waals surface area contributed by atoms with Gasteiger partial charge in [-0.05, 0) is 25.5 Å². The molecule has 0 saturated heterocycles. The van der Waals surface area contributed by atoms with Gasteiger partial charge in [-0.2, -0.15) is 0 Å². The van der Waals surface area contributed by atoms with Crippen molar-refractivity contribution in [1.29, 1.82) is 0 Å². The quantitative estimate of drug-likeness (QED) is 0.816. The molecule has 0 radical (unpaired) electrons. The summed E-state index contributed by atoms with van der Waals surface area (Å²) in [6.07, 6.45) is 0. The summed E-state index contributed by atoms with van der Waals surface area (Å²) in [4.78, 5) is 2.34. The molecule has 0 spiro atoms. The number of aryl methyl sites for hydroxylation is 2. The van der Waals surface area contributed by atoms with Crippen LogP contribution in [0, 0.1) is 31.3 Å². The third-order valence-electron chi connectivity index (χ3n) is 2.61. The lowest BCUT2D eigenvalue weighted by Gasteiger charge is -2.07. The molecule has 18 heavy (non-hydrogen) atoms. The number of rotatable bonds is 3. The minimum atomic E-state index is -1.44. The van der Waals surface area contributed by atoms with Crippen molar-refractivity contribution in [3.8, 4) is 0 Å². The summed E-state index contributed by atoms with van der Waals surface area (Å²) in [5.74, 6) is -3.81. The first-order valence-corrected chi connectivity index (χ1v) is 6.23. The van der Waals surface area contributed by atoms with Crippen LogP contribution >= 0.6 is 11.3 Å². The Morgan fingerprint density at radius 2 is 1.67 bits per heavy atom. The van der Waals surface area contributed by atoms with Gasteiger partial charge in [-0.3, -0.25) is 0 Å². The van der Waals surface area contributed by atoms with Gasteiger partial charge in [-0.15, -0.1) is 11.3 Å². The van der Waals surface area contributed by atoms with E-state index in [1.54, 1.807) is 11.3 Å². The van der Waals surface area contributed by atoms with Crippen LogP contribution in [-0.2, 0) is 6.54 Å². The summed E-state index contributed by atoms with van der Waals surface area (Å²) in [5, 5.41) is 2.88. The lowest BCUT2D eigenvalue weighted by atomic mass is 10.2. The Hall–Kier alpha value is -1.49. The zero-order valence-electron chi connectivity index (χ0n) is 9.98. The molecule has 0 atom stereocenters. The van der Waals surface area contributed by atoms with Gasteiger partial charge in [-0.25, -0.2) is 13.2 Å². The highest BCUT2D eigenvalue weighted by Gasteiger charge is 2.10. The monoisotopic (exact) mass is 271 g/mol. The second-order valence-electron chi connectivity index (χ2n) is 4.05. The first-order valence-electron chi connectivity index (χ1n) is 5.41. The van der Waals surface area contributed by atoms with Crippen molar-refractivity contribution in [2.24, 2.45) is 0 Å². The topological polar surface area (TPSA) is 12.0 Å². The summed E-state index contributed by atoms with van der Waals surface area (Å²) in [6.45, 7) is 4.44. The minimum Gasteiger partial charge on any atom is -0.381 e. The predicted molar refractivity (Wildman–Crippen MR) is 67.4 cm³/mol. The Bertz CT molecular complexity index is 555. The molecule has 2 rings (SSSR count). The van der Waals surface area contributed by atoms with E-state index in [1.165, 1.54) is 4.88 Å². The zero-order valence-corrected chi connectivity index (χ0v) is 10.8. The predicted octanol–water partition coefficient (Wildman–Crippen LogP) is 4.39. The molecule has 0 saturated carbocycles. The summed E-state index contributed by atoms with van der Waals surface area (Å²) in [6, 6.07) is 3.92. The zero-order chi connectivity index (χ0) is 13.3. The van der Waals surface area contributed by atoms with E-state index in [1.807, 2.05) is 19.9 Å². The van der Waals surface area contributed by atoms with Gasteiger partial charge in [0.15, 0.2) is 17.5 Å². The Kier molecular flexibility index (Phi) is 3.61. The van der Waals surface area contributed by atoms with Crippen LogP contribution in [0.25, 0.3) is 0 Å². The molecule has 0 unspecified atom stereocenters. The third kappa shape index (κ3) is 2.67. The van der Waals surface area contributed by atoms with E-state index in [4.69, 9.17) is 0 Å². The van der Waals surface area contributed by atoms with Gasteiger partial charge in [0.25, 0.3) is 0 Å². The van der Waals surface area contributed by atoms with Gasteiger partial charge in [0.2, 0.25) is 0 Å².